The number of carbonyl (C=O) groups is 1. The first kappa shape index (κ1) is 16.8. The number of benzene rings is 1. The third-order valence-electron chi connectivity index (χ3n) is 4.01. The molecule has 0 radical (unpaired) electrons. The van der Waals surface area contributed by atoms with Crippen molar-refractivity contribution in [1.82, 2.24) is 4.98 Å². The lowest BCUT2D eigenvalue weighted by molar-refractivity contribution is -0.385. The van der Waals surface area contributed by atoms with Crippen LogP contribution in [0.2, 0.25) is 0 Å². The van der Waals surface area contributed by atoms with Crippen LogP contribution in [0, 0.1) is 17.0 Å². The van der Waals surface area contributed by atoms with Crippen molar-refractivity contribution in [2.45, 2.75) is 6.92 Å². The van der Waals surface area contributed by atoms with E-state index >= 15 is 0 Å². The fourth-order valence-electron chi connectivity index (χ4n) is 2.61. The quantitative estimate of drug-likeness (QED) is 0.677. The zero-order valence-electron chi connectivity index (χ0n) is 13.8. The van der Waals surface area contributed by atoms with E-state index < -0.39 is 4.92 Å². The topological polar surface area (TPSA) is 97.6 Å². The Labute approximate surface area is 144 Å². The third-order valence-corrected chi connectivity index (χ3v) is 4.01. The number of aromatic nitrogens is 1. The molecule has 0 atom stereocenters. The molecule has 1 aliphatic heterocycles. The Hall–Kier alpha value is -3.00. The van der Waals surface area contributed by atoms with E-state index in [1.807, 2.05) is 0 Å². The first-order chi connectivity index (χ1) is 12.0. The summed E-state index contributed by atoms with van der Waals surface area (Å²) in [6, 6.07) is 7.94. The lowest BCUT2D eigenvalue weighted by Crippen LogP contribution is -2.36. The number of nitrogens with zero attached hydrogens (tertiary/aromatic N) is 3. The molecule has 3 rings (SSSR count). The van der Waals surface area contributed by atoms with Gasteiger partial charge in [-0.2, -0.15) is 0 Å². The number of ether oxygens (including phenoxy) is 1. The van der Waals surface area contributed by atoms with Crippen LogP contribution in [0.4, 0.5) is 17.2 Å². The molecule has 2 heterocycles. The Bertz CT molecular complexity index is 803. The molecule has 25 heavy (non-hydrogen) atoms. The molecule has 0 spiro atoms. The van der Waals surface area contributed by atoms with Crippen LogP contribution in [-0.4, -0.2) is 42.1 Å². The van der Waals surface area contributed by atoms with Gasteiger partial charge < -0.3 is 15.0 Å². The van der Waals surface area contributed by atoms with Crippen molar-refractivity contribution >= 4 is 23.1 Å². The van der Waals surface area contributed by atoms with E-state index in [4.69, 9.17) is 4.74 Å². The van der Waals surface area contributed by atoms with E-state index in [2.05, 4.69) is 15.2 Å². The average Bonchev–Trinajstić information content (AvgIpc) is 2.64. The number of morpholine rings is 1. The smallest absolute Gasteiger partial charge is 0.274 e. The molecule has 8 heteroatoms. The van der Waals surface area contributed by atoms with Crippen molar-refractivity contribution < 1.29 is 14.5 Å². The zero-order valence-corrected chi connectivity index (χ0v) is 13.8. The summed E-state index contributed by atoms with van der Waals surface area (Å²) in [7, 11) is 0. The number of pyridine rings is 1. The Balaban J connectivity index is 1.77. The van der Waals surface area contributed by atoms with Crippen LogP contribution in [0.25, 0.3) is 0 Å². The lowest BCUT2D eigenvalue weighted by Gasteiger charge is -2.27. The fourth-order valence-corrected chi connectivity index (χ4v) is 2.61. The summed E-state index contributed by atoms with van der Waals surface area (Å²) in [6.45, 7) is 4.36. The number of hydrogen-bond acceptors (Lipinski definition) is 6. The molecule has 1 amide bonds. The molecule has 1 saturated heterocycles. The second-order valence-corrected chi connectivity index (χ2v) is 5.71. The zero-order chi connectivity index (χ0) is 17.8. The van der Waals surface area contributed by atoms with Gasteiger partial charge in [-0.05, 0) is 25.1 Å². The summed E-state index contributed by atoms with van der Waals surface area (Å²) < 4.78 is 5.31. The summed E-state index contributed by atoms with van der Waals surface area (Å²) in [4.78, 5) is 29.4. The predicted molar refractivity (Wildman–Crippen MR) is 93.1 cm³/mol. The van der Waals surface area contributed by atoms with Gasteiger partial charge in [0.25, 0.3) is 11.6 Å². The van der Waals surface area contributed by atoms with Crippen LogP contribution in [-0.2, 0) is 4.74 Å². The van der Waals surface area contributed by atoms with Gasteiger partial charge in [0, 0.05) is 42.2 Å². The number of aryl methyl sites for hydroxylation is 1. The lowest BCUT2D eigenvalue weighted by atomic mass is 10.1. The minimum atomic E-state index is -0.464. The maximum Gasteiger partial charge on any atom is 0.274 e. The minimum Gasteiger partial charge on any atom is -0.378 e. The van der Waals surface area contributed by atoms with E-state index in [1.54, 1.807) is 37.4 Å². The molecule has 1 fully saturated rings. The molecule has 1 N–H and O–H groups in total. The van der Waals surface area contributed by atoms with E-state index in [0.717, 1.165) is 13.1 Å². The summed E-state index contributed by atoms with van der Waals surface area (Å²) in [5, 5.41) is 13.7. The predicted octanol–water partition coefficient (Wildman–Crippen LogP) is 2.39. The third kappa shape index (κ3) is 3.92. The summed E-state index contributed by atoms with van der Waals surface area (Å²) in [6.07, 6.45) is 1.58. The molecule has 0 aliphatic carbocycles. The van der Waals surface area contributed by atoms with Crippen LogP contribution in [0.5, 0.6) is 0 Å². The van der Waals surface area contributed by atoms with Gasteiger partial charge in [0.1, 0.15) is 5.82 Å². The maximum absolute atomic E-state index is 12.5. The number of nitrogens with one attached hydrogen (secondary N) is 1. The number of rotatable bonds is 4. The van der Waals surface area contributed by atoms with Crippen LogP contribution < -0.4 is 10.2 Å². The molecule has 1 aliphatic rings. The highest BCUT2D eigenvalue weighted by Crippen LogP contribution is 2.23. The van der Waals surface area contributed by atoms with Crippen LogP contribution in [0.3, 0.4) is 0 Å². The van der Waals surface area contributed by atoms with Gasteiger partial charge in [0.2, 0.25) is 0 Å². The summed E-state index contributed by atoms with van der Waals surface area (Å²) >= 11 is 0. The Morgan fingerprint density at radius 3 is 2.76 bits per heavy atom. The molecular formula is C17H18N4O4. The Morgan fingerprint density at radius 1 is 1.28 bits per heavy atom. The van der Waals surface area contributed by atoms with E-state index in [9.17, 15) is 14.9 Å². The molecule has 0 saturated carbocycles. The number of carbonyl (C=O) groups excluding carboxylic acids is 1. The minimum absolute atomic E-state index is 0.0264. The average molecular weight is 342 g/mol. The van der Waals surface area contributed by atoms with Crippen molar-refractivity contribution in [3.63, 3.8) is 0 Å². The molecule has 8 nitrogen and oxygen atoms in total. The summed E-state index contributed by atoms with van der Waals surface area (Å²) in [5.74, 6) is 0.376. The highest BCUT2D eigenvalue weighted by molar-refractivity contribution is 6.04. The molecule has 0 unspecified atom stereocenters. The van der Waals surface area contributed by atoms with Gasteiger partial charge in [-0.1, -0.05) is 6.07 Å². The number of hydrogen-bond donors (Lipinski definition) is 1. The molecule has 2 aromatic rings. The highest BCUT2D eigenvalue weighted by atomic mass is 16.6. The van der Waals surface area contributed by atoms with Gasteiger partial charge in [0.15, 0.2) is 0 Å². The first-order valence-corrected chi connectivity index (χ1v) is 7.90. The van der Waals surface area contributed by atoms with E-state index in [0.29, 0.717) is 35.8 Å². The fraction of sp³-hybridized carbons (Fsp3) is 0.294. The highest BCUT2D eigenvalue weighted by Gasteiger charge is 2.16. The number of nitro benzene ring substituents is 1. The van der Waals surface area contributed by atoms with Gasteiger partial charge in [-0.25, -0.2) is 4.98 Å². The van der Waals surface area contributed by atoms with Gasteiger partial charge in [-0.15, -0.1) is 0 Å². The normalized spacial score (nSPS) is 14.2. The van der Waals surface area contributed by atoms with Crippen LogP contribution in [0.15, 0.2) is 36.5 Å². The Kier molecular flexibility index (Phi) is 4.90. The van der Waals surface area contributed by atoms with Crippen molar-refractivity contribution in [2.24, 2.45) is 0 Å². The molecule has 130 valence electrons. The van der Waals surface area contributed by atoms with Gasteiger partial charge in [0.05, 0.1) is 18.1 Å². The van der Waals surface area contributed by atoms with Crippen LogP contribution >= 0.6 is 0 Å². The van der Waals surface area contributed by atoms with Crippen LogP contribution in [0.1, 0.15) is 15.9 Å². The van der Waals surface area contributed by atoms with Crippen molar-refractivity contribution in [3.05, 3.63) is 57.8 Å². The standard InChI is InChI=1S/C17H18N4O4/c1-12-2-3-14(11-15(12)21(23)24)19-17(22)13-4-5-18-16(10-13)20-6-8-25-9-7-20/h2-5,10-11H,6-9H2,1H3,(H,19,22). The molecular weight excluding hydrogens is 324 g/mol. The second kappa shape index (κ2) is 7.27. The molecule has 1 aromatic heterocycles. The second-order valence-electron chi connectivity index (χ2n) is 5.71. The maximum atomic E-state index is 12.5. The van der Waals surface area contributed by atoms with Crippen molar-refractivity contribution in [2.75, 3.05) is 36.5 Å². The van der Waals surface area contributed by atoms with E-state index in [1.165, 1.54) is 6.07 Å². The van der Waals surface area contributed by atoms with E-state index in [-0.39, 0.29) is 11.6 Å². The van der Waals surface area contributed by atoms with Crippen molar-refractivity contribution in [3.8, 4) is 0 Å². The van der Waals surface area contributed by atoms with Gasteiger partial charge in [-0.3, -0.25) is 14.9 Å². The molecule has 1 aromatic carbocycles. The SMILES string of the molecule is Cc1ccc(NC(=O)c2ccnc(N3CCOCC3)c2)cc1[N+](=O)[O-]. The molecule has 0 bridgehead atoms. The number of anilines is 2. The number of nitro groups is 1. The summed E-state index contributed by atoms with van der Waals surface area (Å²) in [5.41, 5.74) is 1.34. The van der Waals surface area contributed by atoms with Gasteiger partial charge >= 0.3 is 0 Å². The largest absolute Gasteiger partial charge is 0.378 e. The number of amides is 1. The van der Waals surface area contributed by atoms with Crippen molar-refractivity contribution in [1.29, 1.82) is 0 Å². The first-order valence-electron chi connectivity index (χ1n) is 7.90. The Morgan fingerprint density at radius 2 is 2.04 bits per heavy atom. The monoisotopic (exact) mass is 342 g/mol.